The first-order valence-electron chi connectivity index (χ1n) is 5.04. The molecule has 0 unspecified atom stereocenters. The number of rotatable bonds is 4. The van der Waals surface area contributed by atoms with E-state index in [1.807, 2.05) is 18.2 Å². The molecular formula is C12H14O2. The van der Waals surface area contributed by atoms with Crippen molar-refractivity contribution in [2.75, 3.05) is 0 Å². The summed E-state index contributed by atoms with van der Waals surface area (Å²) in [4.78, 5) is 10.4. The van der Waals surface area contributed by atoms with Gasteiger partial charge in [-0.3, -0.25) is 4.79 Å². The zero-order valence-corrected chi connectivity index (χ0v) is 8.02. The number of hydrogen-bond acceptors (Lipinski definition) is 1. The second kappa shape index (κ2) is 3.82. The van der Waals surface area contributed by atoms with Crippen molar-refractivity contribution in [1.82, 2.24) is 0 Å². The van der Waals surface area contributed by atoms with E-state index in [0.29, 0.717) is 18.3 Å². The van der Waals surface area contributed by atoms with Crippen LogP contribution in [0, 0.1) is 5.92 Å². The van der Waals surface area contributed by atoms with Gasteiger partial charge in [0.15, 0.2) is 0 Å². The van der Waals surface area contributed by atoms with Gasteiger partial charge in [0.25, 0.3) is 0 Å². The summed E-state index contributed by atoms with van der Waals surface area (Å²) in [6, 6.07) is 10.4. The molecule has 0 radical (unpaired) electrons. The molecule has 0 spiro atoms. The van der Waals surface area contributed by atoms with Crippen molar-refractivity contribution in [3.05, 3.63) is 35.9 Å². The lowest BCUT2D eigenvalue weighted by molar-refractivity contribution is -0.137. The third-order valence-electron chi connectivity index (χ3n) is 2.88. The van der Waals surface area contributed by atoms with Gasteiger partial charge in [-0.05, 0) is 30.2 Å². The van der Waals surface area contributed by atoms with Crippen LogP contribution in [0.3, 0.4) is 0 Å². The maximum atomic E-state index is 10.4. The van der Waals surface area contributed by atoms with Crippen LogP contribution in [0.2, 0.25) is 0 Å². The van der Waals surface area contributed by atoms with Crippen LogP contribution in [0.25, 0.3) is 0 Å². The average molecular weight is 190 g/mol. The SMILES string of the molecule is O=C(O)CC[C@@H]1C[C@@H]1c1ccccc1. The highest BCUT2D eigenvalue weighted by atomic mass is 16.4. The van der Waals surface area contributed by atoms with Crippen molar-refractivity contribution >= 4 is 5.97 Å². The molecule has 1 saturated carbocycles. The first-order valence-corrected chi connectivity index (χ1v) is 5.04. The van der Waals surface area contributed by atoms with Gasteiger partial charge in [0.05, 0.1) is 0 Å². The Morgan fingerprint density at radius 1 is 1.36 bits per heavy atom. The largest absolute Gasteiger partial charge is 0.481 e. The van der Waals surface area contributed by atoms with Crippen molar-refractivity contribution in [1.29, 1.82) is 0 Å². The van der Waals surface area contributed by atoms with Gasteiger partial charge in [-0.2, -0.15) is 0 Å². The summed E-state index contributed by atoms with van der Waals surface area (Å²) in [6.45, 7) is 0. The average Bonchev–Trinajstić information content (AvgIpc) is 2.95. The van der Waals surface area contributed by atoms with Crippen LogP contribution in [-0.4, -0.2) is 11.1 Å². The van der Waals surface area contributed by atoms with Gasteiger partial charge < -0.3 is 5.11 Å². The number of carboxylic acid groups (broad SMARTS) is 1. The predicted molar refractivity (Wildman–Crippen MR) is 54.2 cm³/mol. The van der Waals surface area contributed by atoms with E-state index in [1.165, 1.54) is 5.56 Å². The van der Waals surface area contributed by atoms with Crippen LogP contribution < -0.4 is 0 Å². The van der Waals surface area contributed by atoms with Crippen LogP contribution >= 0.6 is 0 Å². The molecule has 2 atom stereocenters. The molecule has 1 aromatic rings. The van der Waals surface area contributed by atoms with E-state index < -0.39 is 5.97 Å². The molecule has 0 aromatic heterocycles. The Morgan fingerprint density at radius 3 is 2.71 bits per heavy atom. The van der Waals surface area contributed by atoms with Gasteiger partial charge in [0, 0.05) is 6.42 Å². The summed E-state index contributed by atoms with van der Waals surface area (Å²) in [7, 11) is 0. The van der Waals surface area contributed by atoms with Gasteiger partial charge in [-0.15, -0.1) is 0 Å². The van der Waals surface area contributed by atoms with Gasteiger partial charge in [0.2, 0.25) is 0 Å². The van der Waals surface area contributed by atoms with Crippen molar-refractivity contribution in [3.8, 4) is 0 Å². The molecule has 2 nitrogen and oxygen atoms in total. The van der Waals surface area contributed by atoms with Crippen molar-refractivity contribution in [2.24, 2.45) is 5.92 Å². The summed E-state index contributed by atoms with van der Waals surface area (Å²) in [5.41, 5.74) is 1.36. The fourth-order valence-electron chi connectivity index (χ4n) is 1.98. The molecule has 1 aliphatic rings. The first kappa shape index (κ1) is 9.25. The van der Waals surface area contributed by atoms with Crippen LogP contribution in [0.4, 0.5) is 0 Å². The third-order valence-corrected chi connectivity index (χ3v) is 2.88. The number of benzene rings is 1. The maximum absolute atomic E-state index is 10.4. The first-order chi connectivity index (χ1) is 6.77. The Hall–Kier alpha value is -1.31. The molecule has 1 fully saturated rings. The summed E-state index contributed by atoms with van der Waals surface area (Å²) in [5.74, 6) is 0.549. The lowest BCUT2D eigenvalue weighted by atomic mass is 10.1. The Morgan fingerprint density at radius 2 is 2.07 bits per heavy atom. The van der Waals surface area contributed by atoms with Crippen molar-refractivity contribution in [2.45, 2.75) is 25.2 Å². The van der Waals surface area contributed by atoms with Gasteiger partial charge in [0.1, 0.15) is 0 Å². The van der Waals surface area contributed by atoms with Gasteiger partial charge >= 0.3 is 5.97 Å². The highest BCUT2D eigenvalue weighted by molar-refractivity contribution is 5.66. The minimum atomic E-state index is -0.677. The van der Waals surface area contributed by atoms with Crippen LogP contribution in [0.1, 0.15) is 30.7 Å². The molecule has 2 heteroatoms. The Bertz CT molecular complexity index is 318. The fourth-order valence-corrected chi connectivity index (χ4v) is 1.98. The predicted octanol–water partition coefficient (Wildman–Crippen LogP) is 2.65. The molecule has 0 heterocycles. The normalized spacial score (nSPS) is 24.6. The number of aliphatic carboxylic acids is 1. The highest BCUT2D eigenvalue weighted by Gasteiger charge is 2.37. The zero-order valence-electron chi connectivity index (χ0n) is 8.02. The molecule has 0 aliphatic heterocycles. The Balaban J connectivity index is 1.85. The second-order valence-corrected chi connectivity index (χ2v) is 3.95. The lowest BCUT2D eigenvalue weighted by Crippen LogP contribution is -1.95. The van der Waals surface area contributed by atoms with E-state index in [1.54, 1.807) is 0 Å². The maximum Gasteiger partial charge on any atom is 0.303 e. The minimum Gasteiger partial charge on any atom is -0.481 e. The summed E-state index contributed by atoms with van der Waals surface area (Å²) >= 11 is 0. The molecule has 1 aromatic carbocycles. The molecule has 2 rings (SSSR count). The molecule has 14 heavy (non-hydrogen) atoms. The van der Waals surface area contributed by atoms with Crippen molar-refractivity contribution < 1.29 is 9.90 Å². The standard InChI is InChI=1S/C12H14O2/c13-12(14)7-6-10-8-11(10)9-4-2-1-3-5-9/h1-5,10-11H,6-8H2,(H,13,14)/t10-,11-/m1/s1. The Kier molecular flexibility index (Phi) is 2.53. The zero-order chi connectivity index (χ0) is 9.97. The van der Waals surface area contributed by atoms with Gasteiger partial charge in [-0.1, -0.05) is 30.3 Å². The monoisotopic (exact) mass is 190 g/mol. The molecule has 0 bridgehead atoms. The second-order valence-electron chi connectivity index (χ2n) is 3.95. The molecule has 0 saturated heterocycles. The quantitative estimate of drug-likeness (QED) is 0.792. The molecule has 0 amide bonds. The lowest BCUT2D eigenvalue weighted by Gasteiger charge is -1.98. The van der Waals surface area contributed by atoms with E-state index >= 15 is 0 Å². The topological polar surface area (TPSA) is 37.3 Å². The molecule has 1 N–H and O–H groups in total. The van der Waals surface area contributed by atoms with E-state index in [-0.39, 0.29) is 0 Å². The third kappa shape index (κ3) is 2.13. The number of carboxylic acids is 1. The van der Waals surface area contributed by atoms with Crippen LogP contribution in [0.15, 0.2) is 30.3 Å². The van der Waals surface area contributed by atoms with E-state index in [9.17, 15) is 4.79 Å². The smallest absolute Gasteiger partial charge is 0.303 e. The van der Waals surface area contributed by atoms with E-state index in [0.717, 1.165) is 12.8 Å². The number of hydrogen-bond donors (Lipinski definition) is 1. The molecular weight excluding hydrogens is 176 g/mol. The van der Waals surface area contributed by atoms with Crippen molar-refractivity contribution in [3.63, 3.8) is 0 Å². The van der Waals surface area contributed by atoms with Gasteiger partial charge in [-0.25, -0.2) is 0 Å². The van der Waals surface area contributed by atoms with Crippen LogP contribution in [0.5, 0.6) is 0 Å². The number of carbonyl (C=O) groups is 1. The summed E-state index contributed by atoms with van der Waals surface area (Å²) in [5, 5.41) is 8.55. The molecule has 74 valence electrons. The van der Waals surface area contributed by atoms with Crippen LogP contribution in [-0.2, 0) is 4.79 Å². The minimum absolute atomic E-state index is 0.313. The molecule has 1 aliphatic carbocycles. The summed E-state index contributed by atoms with van der Waals surface area (Å²) < 4.78 is 0. The van der Waals surface area contributed by atoms with E-state index in [2.05, 4.69) is 12.1 Å². The van der Waals surface area contributed by atoms with E-state index in [4.69, 9.17) is 5.11 Å². The highest BCUT2D eigenvalue weighted by Crippen LogP contribution is 2.49. The fraction of sp³-hybridized carbons (Fsp3) is 0.417. The Labute approximate surface area is 83.6 Å². The summed E-state index contributed by atoms with van der Waals surface area (Å²) in [6.07, 6.45) is 2.31.